The zero-order chi connectivity index (χ0) is 12.0. The number of nitrogens with one attached hydrogen (secondary N) is 1. The molecule has 0 radical (unpaired) electrons. The average molecular weight is 251 g/mol. The Morgan fingerprint density at radius 1 is 1.35 bits per heavy atom. The van der Waals surface area contributed by atoms with Gasteiger partial charge in [-0.05, 0) is 37.0 Å². The van der Waals surface area contributed by atoms with Gasteiger partial charge in [0.05, 0.1) is 5.02 Å². The zero-order valence-electron chi connectivity index (χ0n) is 9.48. The number of benzene rings is 1. The SMILES string of the molecule is CNc1c2c(nc3c(F)ccc(Cl)c13)CCC2. The number of rotatable bonds is 1. The highest BCUT2D eigenvalue weighted by molar-refractivity contribution is 6.36. The summed E-state index contributed by atoms with van der Waals surface area (Å²) in [5.74, 6) is -0.310. The van der Waals surface area contributed by atoms with Gasteiger partial charge in [-0.15, -0.1) is 0 Å². The predicted octanol–water partition coefficient (Wildman–Crippen LogP) is 3.56. The molecule has 0 bridgehead atoms. The monoisotopic (exact) mass is 250 g/mol. The van der Waals surface area contributed by atoms with Crippen molar-refractivity contribution in [3.63, 3.8) is 0 Å². The lowest BCUT2D eigenvalue weighted by atomic mass is 10.1. The number of aryl methyl sites for hydroxylation is 1. The van der Waals surface area contributed by atoms with Crippen molar-refractivity contribution in [3.8, 4) is 0 Å². The van der Waals surface area contributed by atoms with Crippen molar-refractivity contribution in [3.05, 3.63) is 34.2 Å². The van der Waals surface area contributed by atoms with Crippen LogP contribution in [0.2, 0.25) is 5.02 Å². The molecule has 1 aromatic heterocycles. The molecule has 17 heavy (non-hydrogen) atoms. The van der Waals surface area contributed by atoms with Crippen LogP contribution in [-0.2, 0) is 12.8 Å². The third-order valence-corrected chi connectivity index (χ3v) is 3.63. The number of anilines is 1. The summed E-state index contributed by atoms with van der Waals surface area (Å²) in [6, 6.07) is 2.96. The molecule has 2 nitrogen and oxygen atoms in total. The molecule has 0 saturated heterocycles. The van der Waals surface area contributed by atoms with Crippen molar-refractivity contribution in [1.82, 2.24) is 4.98 Å². The van der Waals surface area contributed by atoms with Gasteiger partial charge in [0.1, 0.15) is 11.3 Å². The number of halogens is 2. The van der Waals surface area contributed by atoms with E-state index in [-0.39, 0.29) is 5.82 Å². The van der Waals surface area contributed by atoms with Crippen LogP contribution in [0.5, 0.6) is 0 Å². The highest BCUT2D eigenvalue weighted by Gasteiger charge is 2.21. The fraction of sp³-hybridized carbons (Fsp3) is 0.308. The Bertz CT molecular complexity index is 610. The summed E-state index contributed by atoms with van der Waals surface area (Å²) in [4.78, 5) is 4.43. The van der Waals surface area contributed by atoms with Crippen LogP contribution in [0, 0.1) is 5.82 Å². The molecule has 1 N–H and O–H groups in total. The average Bonchev–Trinajstić information content (AvgIpc) is 2.79. The molecule has 1 aliphatic rings. The smallest absolute Gasteiger partial charge is 0.149 e. The van der Waals surface area contributed by atoms with Gasteiger partial charge in [0.15, 0.2) is 0 Å². The molecule has 0 saturated carbocycles. The van der Waals surface area contributed by atoms with Crippen LogP contribution in [-0.4, -0.2) is 12.0 Å². The lowest BCUT2D eigenvalue weighted by molar-refractivity contribution is 0.636. The normalized spacial score (nSPS) is 14.1. The van der Waals surface area contributed by atoms with E-state index in [0.29, 0.717) is 15.9 Å². The summed E-state index contributed by atoms with van der Waals surface area (Å²) in [5.41, 5.74) is 3.50. The second-order valence-electron chi connectivity index (χ2n) is 4.27. The van der Waals surface area contributed by atoms with Gasteiger partial charge in [-0.25, -0.2) is 9.37 Å². The van der Waals surface area contributed by atoms with Crippen LogP contribution in [0.3, 0.4) is 0 Å². The summed E-state index contributed by atoms with van der Waals surface area (Å²) < 4.78 is 13.8. The second-order valence-corrected chi connectivity index (χ2v) is 4.68. The summed E-state index contributed by atoms with van der Waals surface area (Å²) in [5, 5.41) is 4.40. The van der Waals surface area contributed by atoms with Gasteiger partial charge in [-0.2, -0.15) is 0 Å². The van der Waals surface area contributed by atoms with Crippen molar-refractivity contribution in [2.24, 2.45) is 0 Å². The summed E-state index contributed by atoms with van der Waals surface area (Å²) >= 11 is 6.17. The molecule has 4 heteroatoms. The first-order valence-electron chi connectivity index (χ1n) is 5.69. The number of hydrogen-bond acceptors (Lipinski definition) is 2. The Labute approximate surface area is 104 Å². The zero-order valence-corrected chi connectivity index (χ0v) is 10.2. The molecule has 0 unspecified atom stereocenters. The van der Waals surface area contributed by atoms with Gasteiger partial charge >= 0.3 is 0 Å². The van der Waals surface area contributed by atoms with E-state index >= 15 is 0 Å². The molecule has 1 aromatic carbocycles. The van der Waals surface area contributed by atoms with Crippen LogP contribution in [0.4, 0.5) is 10.1 Å². The first-order valence-corrected chi connectivity index (χ1v) is 6.07. The highest BCUT2D eigenvalue weighted by Crippen LogP contribution is 2.38. The minimum absolute atomic E-state index is 0.310. The fourth-order valence-electron chi connectivity index (χ4n) is 2.57. The van der Waals surface area contributed by atoms with E-state index in [1.54, 1.807) is 6.07 Å². The van der Waals surface area contributed by atoms with Gasteiger partial charge in [0, 0.05) is 23.8 Å². The van der Waals surface area contributed by atoms with Crippen LogP contribution in [0.15, 0.2) is 12.1 Å². The van der Waals surface area contributed by atoms with Crippen LogP contribution in [0.1, 0.15) is 17.7 Å². The number of nitrogens with zero attached hydrogens (tertiary/aromatic N) is 1. The molecule has 88 valence electrons. The minimum Gasteiger partial charge on any atom is -0.387 e. The van der Waals surface area contributed by atoms with Gasteiger partial charge in [-0.1, -0.05) is 11.6 Å². The molecule has 2 aromatic rings. The maximum atomic E-state index is 13.8. The molecule has 0 spiro atoms. The number of hydrogen-bond donors (Lipinski definition) is 1. The summed E-state index contributed by atoms with van der Waals surface area (Å²) in [6.45, 7) is 0. The van der Waals surface area contributed by atoms with Crippen molar-refractivity contribution >= 4 is 28.2 Å². The maximum absolute atomic E-state index is 13.8. The molecule has 0 amide bonds. The van der Waals surface area contributed by atoms with E-state index in [1.807, 2.05) is 7.05 Å². The van der Waals surface area contributed by atoms with Gasteiger partial charge in [0.25, 0.3) is 0 Å². The molecular weight excluding hydrogens is 239 g/mol. The topological polar surface area (TPSA) is 24.9 Å². The van der Waals surface area contributed by atoms with Crippen molar-refractivity contribution < 1.29 is 4.39 Å². The molecule has 3 rings (SSSR count). The number of pyridine rings is 1. The Hall–Kier alpha value is -1.35. The van der Waals surface area contributed by atoms with E-state index in [1.165, 1.54) is 11.6 Å². The second kappa shape index (κ2) is 3.84. The minimum atomic E-state index is -0.310. The first-order chi connectivity index (χ1) is 8.22. The van der Waals surface area contributed by atoms with E-state index in [0.717, 1.165) is 30.6 Å². The van der Waals surface area contributed by atoms with Gasteiger partial charge < -0.3 is 5.32 Å². The fourth-order valence-corrected chi connectivity index (χ4v) is 2.82. The largest absolute Gasteiger partial charge is 0.387 e. The third kappa shape index (κ3) is 1.49. The first kappa shape index (κ1) is 10.8. The van der Waals surface area contributed by atoms with Crippen molar-refractivity contribution in [2.75, 3.05) is 12.4 Å². The van der Waals surface area contributed by atoms with E-state index < -0.39 is 0 Å². The molecule has 0 atom stereocenters. The lowest BCUT2D eigenvalue weighted by Gasteiger charge is -2.13. The molecule has 1 aliphatic carbocycles. The van der Waals surface area contributed by atoms with E-state index in [4.69, 9.17) is 11.6 Å². The van der Waals surface area contributed by atoms with Gasteiger partial charge in [-0.3, -0.25) is 0 Å². The highest BCUT2D eigenvalue weighted by atomic mass is 35.5. The summed E-state index contributed by atoms with van der Waals surface area (Å²) in [7, 11) is 1.84. The molecule has 0 fully saturated rings. The lowest BCUT2D eigenvalue weighted by Crippen LogP contribution is -2.01. The van der Waals surface area contributed by atoms with E-state index in [2.05, 4.69) is 10.3 Å². The molecule has 1 heterocycles. The third-order valence-electron chi connectivity index (χ3n) is 3.32. The maximum Gasteiger partial charge on any atom is 0.149 e. The van der Waals surface area contributed by atoms with E-state index in [9.17, 15) is 4.39 Å². The number of aromatic nitrogens is 1. The van der Waals surface area contributed by atoms with Crippen molar-refractivity contribution in [2.45, 2.75) is 19.3 Å². The van der Waals surface area contributed by atoms with Crippen LogP contribution >= 0.6 is 11.6 Å². The van der Waals surface area contributed by atoms with Gasteiger partial charge in [0.2, 0.25) is 0 Å². The Balaban J connectivity index is 2.49. The van der Waals surface area contributed by atoms with Crippen molar-refractivity contribution in [1.29, 1.82) is 0 Å². The molecular formula is C13H12ClFN2. The van der Waals surface area contributed by atoms with Crippen LogP contribution < -0.4 is 5.32 Å². The predicted molar refractivity (Wildman–Crippen MR) is 68.3 cm³/mol. The standard InChI is InChI=1S/C13H12ClFN2/c1-16-12-7-3-2-4-10(7)17-13-9(15)6-5-8(14)11(12)13/h5-6H,2-4H2,1H3,(H,16,17). The summed E-state index contributed by atoms with van der Waals surface area (Å²) in [6.07, 6.45) is 2.99. The Morgan fingerprint density at radius 3 is 2.94 bits per heavy atom. The quantitative estimate of drug-likeness (QED) is 0.837. The Kier molecular flexibility index (Phi) is 2.44. The van der Waals surface area contributed by atoms with Crippen LogP contribution in [0.25, 0.3) is 10.9 Å². The molecule has 0 aliphatic heterocycles. The number of fused-ring (bicyclic) bond motifs is 2. The Morgan fingerprint density at radius 2 is 2.18 bits per heavy atom.